The molecule has 2 atom stereocenters. The van der Waals surface area contributed by atoms with E-state index in [1.54, 1.807) is 11.3 Å². The largest absolute Gasteiger partial charge is 0.431 e. The van der Waals surface area contributed by atoms with E-state index in [0.29, 0.717) is 17.3 Å². The average molecular weight is 409 g/mol. The Bertz CT molecular complexity index is 972. The Morgan fingerprint density at radius 1 is 1.14 bits per heavy atom. The molecule has 2 fully saturated rings. The fourth-order valence-electron chi connectivity index (χ4n) is 4.72. The minimum absolute atomic E-state index is 0.214. The number of amides is 2. The van der Waals surface area contributed by atoms with Gasteiger partial charge in [0.2, 0.25) is 0 Å². The molecule has 0 radical (unpaired) electrons. The molecule has 29 heavy (non-hydrogen) atoms. The number of benzene rings is 2. The van der Waals surface area contributed by atoms with E-state index < -0.39 is 6.03 Å². The van der Waals surface area contributed by atoms with Crippen molar-refractivity contribution in [3.05, 3.63) is 54.1 Å². The second-order valence-corrected chi connectivity index (χ2v) is 8.92. The van der Waals surface area contributed by atoms with Crippen molar-refractivity contribution in [3.8, 4) is 10.9 Å². The molecule has 0 saturated carbocycles. The molecule has 2 saturated heterocycles. The lowest BCUT2D eigenvalue weighted by atomic mass is 9.96. The zero-order chi connectivity index (χ0) is 19.8. The Kier molecular flexibility index (Phi) is 4.85. The third-order valence-corrected chi connectivity index (χ3v) is 6.91. The lowest BCUT2D eigenvalue weighted by molar-refractivity contribution is 0.112. The van der Waals surface area contributed by atoms with Crippen LogP contribution in [0.5, 0.6) is 10.9 Å². The van der Waals surface area contributed by atoms with Gasteiger partial charge in [0.25, 0.3) is 5.19 Å². The van der Waals surface area contributed by atoms with E-state index >= 15 is 0 Å². The number of nitrogens with two attached hydrogens (primary N) is 1. The van der Waals surface area contributed by atoms with Gasteiger partial charge in [0, 0.05) is 24.7 Å². The summed E-state index contributed by atoms with van der Waals surface area (Å²) in [4.78, 5) is 18.3. The minimum Gasteiger partial charge on any atom is -0.431 e. The monoisotopic (exact) mass is 408 g/mol. The van der Waals surface area contributed by atoms with Gasteiger partial charge in [-0.1, -0.05) is 35.6 Å². The van der Waals surface area contributed by atoms with Crippen molar-refractivity contribution in [1.29, 1.82) is 0 Å². The van der Waals surface area contributed by atoms with E-state index in [1.165, 1.54) is 18.4 Å². The maximum Gasteiger partial charge on any atom is 0.312 e. The molecule has 2 bridgehead atoms. The first-order chi connectivity index (χ1) is 14.1. The molecule has 0 aliphatic carbocycles. The lowest BCUT2D eigenvalue weighted by Crippen LogP contribution is -2.51. The summed E-state index contributed by atoms with van der Waals surface area (Å²) in [6.07, 6.45) is 4.36. The van der Waals surface area contributed by atoms with Crippen LogP contribution in [-0.4, -0.2) is 34.0 Å². The number of rotatable bonds is 5. The van der Waals surface area contributed by atoms with Crippen LogP contribution in [0.25, 0.3) is 10.2 Å². The normalized spacial score (nSPS) is 23.9. The standard InChI is InChI=1S/C22H24N4O2S/c23-21(27)24-15-11-16-7-8-17(12-15)26(16)13-14-5-9-18(10-6-14)28-22-25-19-3-1-2-4-20(19)29-22/h1-6,9-10,15-17H,7-8,11-13H2,(H3,23,24,27)/t16-,17-/m1/s1. The molecule has 2 amide bonds. The van der Waals surface area contributed by atoms with Crippen LogP contribution in [-0.2, 0) is 6.54 Å². The molecular weight excluding hydrogens is 384 g/mol. The van der Waals surface area contributed by atoms with E-state index in [1.807, 2.05) is 30.3 Å². The predicted molar refractivity (Wildman–Crippen MR) is 114 cm³/mol. The summed E-state index contributed by atoms with van der Waals surface area (Å²) in [6, 6.07) is 17.2. The Morgan fingerprint density at radius 2 is 1.86 bits per heavy atom. The Balaban J connectivity index is 1.22. The van der Waals surface area contributed by atoms with Gasteiger partial charge in [0.05, 0.1) is 10.2 Å². The van der Waals surface area contributed by atoms with E-state index in [4.69, 9.17) is 10.5 Å². The van der Waals surface area contributed by atoms with Crippen molar-refractivity contribution in [2.75, 3.05) is 0 Å². The summed E-state index contributed by atoms with van der Waals surface area (Å²) >= 11 is 1.56. The Hall–Kier alpha value is -2.64. The smallest absolute Gasteiger partial charge is 0.312 e. The quantitative estimate of drug-likeness (QED) is 0.661. The molecule has 0 spiro atoms. The fraction of sp³-hybridized carbons (Fsp3) is 0.364. The molecule has 6 nitrogen and oxygen atoms in total. The highest BCUT2D eigenvalue weighted by Crippen LogP contribution is 2.37. The highest BCUT2D eigenvalue weighted by Gasteiger charge is 2.40. The van der Waals surface area contributed by atoms with Gasteiger partial charge in [-0.2, -0.15) is 0 Å². The number of urea groups is 1. The molecule has 0 unspecified atom stereocenters. The SMILES string of the molecule is NC(=O)NC1C[C@H]2CC[C@H](C1)N2Cc1ccc(Oc2nc3ccccc3s2)cc1. The number of hydrogen-bond acceptors (Lipinski definition) is 5. The number of nitrogens with one attached hydrogen (secondary N) is 1. The predicted octanol–water partition coefficient (Wildman–Crippen LogP) is 4.25. The lowest BCUT2D eigenvalue weighted by Gasteiger charge is -2.39. The van der Waals surface area contributed by atoms with Crippen molar-refractivity contribution < 1.29 is 9.53 Å². The molecule has 3 N–H and O–H groups in total. The fourth-order valence-corrected chi connectivity index (χ4v) is 5.56. The first-order valence-electron chi connectivity index (χ1n) is 10.1. The molecule has 5 rings (SSSR count). The summed E-state index contributed by atoms with van der Waals surface area (Å²) in [5, 5.41) is 3.57. The van der Waals surface area contributed by atoms with Crippen molar-refractivity contribution >= 4 is 27.6 Å². The third-order valence-electron chi connectivity index (χ3n) is 6.00. The molecule has 2 aliphatic rings. The number of piperidine rings is 1. The van der Waals surface area contributed by atoms with Crippen molar-refractivity contribution in [2.24, 2.45) is 5.73 Å². The number of carbonyl (C=O) groups excluding carboxylic acids is 1. The van der Waals surface area contributed by atoms with Gasteiger partial charge in [0.1, 0.15) is 5.75 Å². The molecule has 3 heterocycles. The van der Waals surface area contributed by atoms with E-state index in [2.05, 4.69) is 33.4 Å². The van der Waals surface area contributed by atoms with Crippen molar-refractivity contribution in [1.82, 2.24) is 15.2 Å². The molecule has 3 aromatic rings. The van der Waals surface area contributed by atoms with Crippen LogP contribution < -0.4 is 15.8 Å². The molecule has 1 aromatic heterocycles. The van der Waals surface area contributed by atoms with Crippen LogP contribution >= 0.6 is 11.3 Å². The minimum atomic E-state index is -0.411. The number of primary amides is 1. The molecule has 2 aromatic carbocycles. The number of aromatic nitrogens is 1. The van der Waals surface area contributed by atoms with Gasteiger partial charge in [-0.25, -0.2) is 9.78 Å². The number of thiazole rings is 1. The van der Waals surface area contributed by atoms with Crippen LogP contribution in [0.3, 0.4) is 0 Å². The van der Waals surface area contributed by atoms with Gasteiger partial charge in [0.15, 0.2) is 0 Å². The molecule has 150 valence electrons. The van der Waals surface area contributed by atoms with Crippen LogP contribution in [0.1, 0.15) is 31.2 Å². The highest BCUT2D eigenvalue weighted by atomic mass is 32.1. The molecular formula is C22H24N4O2S. The Labute approximate surface area is 173 Å². The van der Waals surface area contributed by atoms with E-state index in [9.17, 15) is 4.79 Å². The summed E-state index contributed by atoms with van der Waals surface area (Å²) in [5.74, 6) is 0.806. The number of carbonyl (C=O) groups is 1. The van der Waals surface area contributed by atoms with Crippen LogP contribution in [0.15, 0.2) is 48.5 Å². The topological polar surface area (TPSA) is 80.5 Å². The Morgan fingerprint density at radius 3 is 2.55 bits per heavy atom. The molecule has 7 heteroatoms. The van der Waals surface area contributed by atoms with E-state index in [-0.39, 0.29) is 6.04 Å². The van der Waals surface area contributed by atoms with Crippen LogP contribution in [0.4, 0.5) is 4.79 Å². The zero-order valence-electron chi connectivity index (χ0n) is 16.1. The number of ether oxygens (including phenoxy) is 1. The van der Waals surface area contributed by atoms with Gasteiger partial charge in [-0.15, -0.1) is 0 Å². The average Bonchev–Trinajstić information content (AvgIpc) is 3.20. The molecule has 2 aliphatic heterocycles. The number of fused-ring (bicyclic) bond motifs is 3. The zero-order valence-corrected chi connectivity index (χ0v) is 16.9. The number of hydrogen-bond donors (Lipinski definition) is 2. The number of para-hydroxylation sites is 1. The second kappa shape index (κ2) is 7.65. The summed E-state index contributed by atoms with van der Waals surface area (Å²) < 4.78 is 7.08. The summed E-state index contributed by atoms with van der Waals surface area (Å²) in [5.41, 5.74) is 7.55. The maximum absolute atomic E-state index is 11.2. The highest BCUT2D eigenvalue weighted by molar-refractivity contribution is 7.20. The third kappa shape index (κ3) is 3.93. The van der Waals surface area contributed by atoms with E-state index in [0.717, 1.165) is 35.4 Å². The van der Waals surface area contributed by atoms with Gasteiger partial charge >= 0.3 is 6.03 Å². The summed E-state index contributed by atoms with van der Waals surface area (Å²) in [7, 11) is 0. The van der Waals surface area contributed by atoms with Crippen LogP contribution in [0.2, 0.25) is 0 Å². The van der Waals surface area contributed by atoms with Gasteiger partial charge < -0.3 is 15.8 Å². The van der Waals surface area contributed by atoms with Gasteiger partial charge in [-0.3, -0.25) is 4.90 Å². The number of nitrogens with zero attached hydrogens (tertiary/aromatic N) is 2. The first kappa shape index (κ1) is 18.4. The van der Waals surface area contributed by atoms with Crippen molar-refractivity contribution in [3.63, 3.8) is 0 Å². The van der Waals surface area contributed by atoms with Crippen molar-refractivity contribution in [2.45, 2.75) is 50.4 Å². The summed E-state index contributed by atoms with van der Waals surface area (Å²) in [6.45, 7) is 0.931. The maximum atomic E-state index is 11.2. The second-order valence-electron chi connectivity index (χ2n) is 7.93. The van der Waals surface area contributed by atoms with Gasteiger partial charge in [-0.05, 0) is 55.5 Å². The van der Waals surface area contributed by atoms with Crippen LogP contribution in [0, 0.1) is 0 Å². The first-order valence-corrected chi connectivity index (χ1v) is 10.9.